The molecule has 2 aromatic carbocycles. The number of amides is 1. The number of aryl methyl sites for hydroxylation is 1. The maximum atomic E-state index is 14.6. The first-order valence-electron chi connectivity index (χ1n) is 15.2. The van der Waals surface area contributed by atoms with Crippen molar-refractivity contribution in [2.24, 2.45) is 5.92 Å². The predicted molar refractivity (Wildman–Crippen MR) is 171 cm³/mol. The van der Waals surface area contributed by atoms with Crippen molar-refractivity contribution < 1.29 is 24.2 Å². The molecule has 4 atom stereocenters. The zero-order valence-corrected chi connectivity index (χ0v) is 27.0. The lowest BCUT2D eigenvalue weighted by Gasteiger charge is -2.32. The molecule has 1 spiro atoms. The Hall–Kier alpha value is -4.10. The minimum absolute atomic E-state index is 0.00128. The largest absolute Gasteiger partial charge is 0.491 e. The Labute approximate surface area is 262 Å². The first-order chi connectivity index (χ1) is 21.6. The molecule has 11 nitrogen and oxygen atoms in total. The maximum absolute atomic E-state index is 14.6. The van der Waals surface area contributed by atoms with Crippen LogP contribution in [-0.4, -0.2) is 63.5 Å². The van der Waals surface area contributed by atoms with E-state index < -0.39 is 13.9 Å². The smallest absolute Gasteiger partial charge is 0.297 e. The number of carbonyl (C=O) groups excluding carboxylic acids is 1. The number of anilines is 1. The van der Waals surface area contributed by atoms with E-state index in [9.17, 15) is 19.5 Å². The summed E-state index contributed by atoms with van der Waals surface area (Å²) < 4.78 is 15.3. The van der Waals surface area contributed by atoms with E-state index in [-0.39, 0.29) is 41.4 Å². The third-order valence-electron chi connectivity index (χ3n) is 9.18. The lowest BCUT2D eigenvalue weighted by molar-refractivity contribution is -0.146. The minimum atomic E-state index is -2.80. The highest BCUT2D eigenvalue weighted by Crippen LogP contribution is 2.59. The molecule has 0 saturated carbocycles. The Morgan fingerprint density at radius 1 is 1.07 bits per heavy atom. The van der Waals surface area contributed by atoms with Gasteiger partial charge < -0.3 is 24.3 Å². The molecule has 1 fully saturated rings. The average Bonchev–Trinajstić information content (AvgIpc) is 3.67. The van der Waals surface area contributed by atoms with Gasteiger partial charge in [0, 0.05) is 54.7 Å². The van der Waals surface area contributed by atoms with Crippen LogP contribution in [0.25, 0.3) is 5.69 Å². The van der Waals surface area contributed by atoms with Crippen molar-refractivity contribution in [3.05, 3.63) is 100 Å². The van der Waals surface area contributed by atoms with E-state index in [0.717, 1.165) is 16.8 Å². The van der Waals surface area contributed by atoms with Crippen molar-refractivity contribution in [3.8, 4) is 11.4 Å². The van der Waals surface area contributed by atoms with Gasteiger partial charge in [-0.15, -0.1) is 5.10 Å². The lowest BCUT2D eigenvalue weighted by Crippen LogP contribution is -2.46. The van der Waals surface area contributed by atoms with Crippen LogP contribution in [0.5, 0.6) is 5.75 Å². The van der Waals surface area contributed by atoms with Crippen LogP contribution in [0.3, 0.4) is 0 Å². The van der Waals surface area contributed by atoms with E-state index in [0.29, 0.717) is 37.3 Å². The van der Waals surface area contributed by atoms with E-state index in [1.54, 1.807) is 27.9 Å². The number of nitrogens with zero attached hydrogens (tertiary/aromatic N) is 5. The highest BCUT2D eigenvalue weighted by Gasteiger charge is 2.66. The average molecular weight is 630 g/mol. The molecule has 2 aliphatic rings. The first kappa shape index (κ1) is 30.9. The van der Waals surface area contributed by atoms with Gasteiger partial charge in [0.05, 0.1) is 31.1 Å². The molecule has 0 bridgehead atoms. The Morgan fingerprint density at radius 2 is 1.82 bits per heavy atom. The maximum Gasteiger partial charge on any atom is 0.297 e. The number of para-hydroxylation sites is 1. The first-order valence-corrected chi connectivity index (χ1v) is 18.3. The molecule has 6 rings (SSSR count). The summed E-state index contributed by atoms with van der Waals surface area (Å²) in [6.07, 6.45) is 4.13. The van der Waals surface area contributed by atoms with E-state index in [4.69, 9.17) is 9.47 Å². The Kier molecular flexibility index (Phi) is 8.25. The Balaban J connectivity index is 1.29. The Bertz CT molecular complexity index is 1750. The molecule has 236 valence electrons. The fourth-order valence-corrected chi connectivity index (χ4v) is 9.78. The SMILES string of the molecule is COc1cccn(-c2ccc(CN3C(=O)[C@@]4(O[C@@H](CCn5cc(CCO)nn5)[C@H]([Si](C)(C)O)[C@H]4C)c4ccccc43)cc2)c1=O. The zero-order chi connectivity index (χ0) is 31.9. The zero-order valence-electron chi connectivity index (χ0n) is 26.0. The number of carbonyl (C=O) groups is 1. The van der Waals surface area contributed by atoms with Crippen molar-refractivity contribution in [2.45, 2.75) is 63.2 Å². The van der Waals surface area contributed by atoms with Crippen molar-refractivity contribution in [3.63, 3.8) is 0 Å². The number of hydrogen-bond donors (Lipinski definition) is 2. The van der Waals surface area contributed by atoms with Crippen LogP contribution in [0.4, 0.5) is 5.69 Å². The van der Waals surface area contributed by atoms with Crippen molar-refractivity contribution >= 4 is 19.9 Å². The summed E-state index contributed by atoms with van der Waals surface area (Å²) in [7, 11) is -1.33. The summed E-state index contributed by atoms with van der Waals surface area (Å²) in [4.78, 5) is 40.6. The highest BCUT2D eigenvalue weighted by atomic mass is 28.4. The molecule has 2 aromatic heterocycles. The van der Waals surface area contributed by atoms with Crippen LogP contribution in [0.15, 0.2) is 77.9 Å². The fourth-order valence-electron chi connectivity index (χ4n) is 7.17. The summed E-state index contributed by atoms with van der Waals surface area (Å²) in [6, 6.07) is 18.7. The minimum Gasteiger partial charge on any atom is -0.491 e. The summed E-state index contributed by atoms with van der Waals surface area (Å²) >= 11 is 0. The normalized spacial score (nSPS) is 22.8. The number of rotatable bonds is 10. The fraction of sp³-hybridized carbons (Fsp3) is 0.394. The number of methoxy groups -OCH3 is 1. The molecule has 0 radical (unpaired) electrons. The van der Waals surface area contributed by atoms with E-state index in [1.165, 1.54) is 11.7 Å². The standard InChI is InChI=1S/C33H39N5O6Si/c1-22-30(45(3,4)42)28(15-18-36-21-24(16-19-39)34-35-36)44-33(22)26-8-5-6-9-27(26)38(32(33)41)20-23-11-13-25(14-12-23)37-17-7-10-29(43-2)31(37)40/h5-14,17,21-22,28,30,39,42H,15-16,18-20H2,1-4H3/t22-,28+,30-,33+/m1/s1. The number of benzene rings is 2. The molecule has 4 aromatic rings. The molecular formula is C33H39N5O6Si. The molecule has 0 unspecified atom stereocenters. The molecule has 12 heteroatoms. The molecule has 1 saturated heterocycles. The van der Waals surface area contributed by atoms with E-state index in [1.807, 2.05) is 74.7 Å². The second kappa shape index (κ2) is 12.0. The van der Waals surface area contributed by atoms with Gasteiger partial charge >= 0.3 is 0 Å². The van der Waals surface area contributed by atoms with Crippen LogP contribution in [0, 0.1) is 5.92 Å². The number of ether oxygens (including phenoxy) is 2. The van der Waals surface area contributed by atoms with E-state index >= 15 is 0 Å². The number of fused-ring (bicyclic) bond motifs is 2. The van der Waals surface area contributed by atoms with Gasteiger partial charge in [-0.2, -0.15) is 0 Å². The molecule has 0 aliphatic carbocycles. The molecular weight excluding hydrogens is 590 g/mol. The number of pyridine rings is 1. The van der Waals surface area contributed by atoms with Crippen LogP contribution in [0.2, 0.25) is 18.6 Å². The highest BCUT2D eigenvalue weighted by molar-refractivity contribution is 6.71. The van der Waals surface area contributed by atoms with Crippen molar-refractivity contribution in [2.75, 3.05) is 18.6 Å². The summed E-state index contributed by atoms with van der Waals surface area (Å²) in [6.45, 7) is 6.69. The quantitative estimate of drug-likeness (QED) is 0.255. The van der Waals surface area contributed by atoms with Crippen LogP contribution in [-0.2, 0) is 34.6 Å². The predicted octanol–water partition coefficient (Wildman–Crippen LogP) is 3.41. The van der Waals surface area contributed by atoms with Gasteiger partial charge in [-0.25, -0.2) is 0 Å². The third-order valence-corrected chi connectivity index (χ3v) is 11.7. The molecule has 2 N–H and O–H groups in total. The Morgan fingerprint density at radius 3 is 2.53 bits per heavy atom. The molecule has 2 aliphatic heterocycles. The second-order valence-electron chi connectivity index (χ2n) is 12.4. The van der Waals surface area contributed by atoms with Gasteiger partial charge in [0.1, 0.15) is 0 Å². The van der Waals surface area contributed by atoms with Crippen LogP contribution < -0.4 is 15.2 Å². The van der Waals surface area contributed by atoms with Gasteiger partial charge in [0.15, 0.2) is 19.7 Å². The third kappa shape index (κ3) is 5.41. The summed E-state index contributed by atoms with van der Waals surface area (Å²) in [5.74, 6) is -0.146. The van der Waals surface area contributed by atoms with Crippen molar-refractivity contribution in [1.82, 2.24) is 19.6 Å². The monoisotopic (exact) mass is 629 g/mol. The van der Waals surface area contributed by atoms with Crippen LogP contribution >= 0.6 is 0 Å². The molecule has 1 amide bonds. The van der Waals surface area contributed by atoms with Crippen LogP contribution in [0.1, 0.15) is 30.2 Å². The lowest BCUT2D eigenvalue weighted by atomic mass is 9.82. The number of hydrogen-bond acceptors (Lipinski definition) is 8. The van der Waals surface area contributed by atoms with Gasteiger partial charge in [-0.3, -0.25) is 18.8 Å². The number of aliphatic hydroxyl groups excluding tert-OH is 1. The molecule has 45 heavy (non-hydrogen) atoms. The second-order valence-corrected chi connectivity index (χ2v) is 16.4. The molecule has 4 heterocycles. The van der Waals surface area contributed by atoms with Gasteiger partial charge in [0.25, 0.3) is 11.5 Å². The van der Waals surface area contributed by atoms with Gasteiger partial charge in [-0.05, 0) is 55.4 Å². The summed E-state index contributed by atoms with van der Waals surface area (Å²) in [5.41, 5.74) is 2.24. The topological polar surface area (TPSA) is 132 Å². The van der Waals surface area contributed by atoms with Gasteiger partial charge in [-0.1, -0.05) is 42.5 Å². The van der Waals surface area contributed by atoms with Crippen molar-refractivity contribution in [1.29, 1.82) is 0 Å². The van der Waals surface area contributed by atoms with Gasteiger partial charge in [0.2, 0.25) is 0 Å². The van der Waals surface area contributed by atoms with E-state index in [2.05, 4.69) is 10.3 Å². The number of aliphatic hydroxyl groups is 1. The summed E-state index contributed by atoms with van der Waals surface area (Å²) in [5, 5.41) is 17.5. The number of aromatic nitrogens is 4.